The Morgan fingerprint density at radius 2 is 1.73 bits per heavy atom. The van der Waals surface area contributed by atoms with Crippen molar-refractivity contribution >= 4 is 23.5 Å². The van der Waals surface area contributed by atoms with Crippen molar-refractivity contribution in [3.63, 3.8) is 0 Å². The molecule has 1 saturated heterocycles. The van der Waals surface area contributed by atoms with Gasteiger partial charge in [-0.2, -0.15) is 0 Å². The average Bonchev–Trinajstić information content (AvgIpc) is 2.59. The van der Waals surface area contributed by atoms with E-state index in [1.54, 1.807) is 0 Å². The van der Waals surface area contributed by atoms with Gasteiger partial charge >= 0.3 is 11.9 Å². The number of esters is 2. The van der Waals surface area contributed by atoms with E-state index in [0.29, 0.717) is 0 Å². The van der Waals surface area contributed by atoms with Gasteiger partial charge in [0.05, 0.1) is 31.0 Å². The van der Waals surface area contributed by atoms with Crippen LogP contribution in [0.2, 0.25) is 0 Å². The zero-order chi connectivity index (χ0) is 19.3. The Morgan fingerprint density at radius 3 is 2.31 bits per heavy atom. The van der Waals surface area contributed by atoms with E-state index in [9.17, 15) is 14.4 Å². The zero-order valence-electron chi connectivity index (χ0n) is 15.5. The van der Waals surface area contributed by atoms with Gasteiger partial charge in [0, 0.05) is 0 Å². The summed E-state index contributed by atoms with van der Waals surface area (Å²) >= 11 is 0. The Balaban J connectivity index is 2.16. The van der Waals surface area contributed by atoms with Crippen molar-refractivity contribution in [1.82, 2.24) is 0 Å². The molecule has 8 heteroatoms. The fourth-order valence-corrected chi connectivity index (χ4v) is 3.14. The number of nitrogens with one attached hydrogen (secondary N) is 2. The number of amides is 1. The van der Waals surface area contributed by atoms with Crippen molar-refractivity contribution in [2.75, 3.05) is 39.2 Å². The molecule has 1 heterocycles. The SMILES string of the molecule is COC(=O)c1ccc(C(=O)OC)c(NC(=O)C[NH+]2C[C@@H](C)O[C@@H](C)C2)c1. The second-order valence-corrected chi connectivity index (χ2v) is 6.38. The first-order chi connectivity index (χ1) is 12.3. The van der Waals surface area contributed by atoms with Crippen LogP contribution in [0.15, 0.2) is 18.2 Å². The molecule has 1 unspecified atom stereocenters. The number of rotatable bonds is 5. The van der Waals surface area contributed by atoms with E-state index < -0.39 is 11.9 Å². The molecule has 0 bridgehead atoms. The Morgan fingerprint density at radius 1 is 1.12 bits per heavy atom. The molecule has 142 valence electrons. The quantitative estimate of drug-likeness (QED) is 0.707. The lowest BCUT2D eigenvalue weighted by molar-refractivity contribution is -0.907. The molecule has 0 saturated carbocycles. The second kappa shape index (κ2) is 8.77. The number of carbonyl (C=O) groups excluding carboxylic acids is 3. The predicted molar refractivity (Wildman–Crippen MR) is 93.3 cm³/mol. The summed E-state index contributed by atoms with van der Waals surface area (Å²) in [5.41, 5.74) is 0.627. The van der Waals surface area contributed by atoms with Crippen LogP contribution < -0.4 is 10.2 Å². The number of anilines is 1. The maximum atomic E-state index is 12.5. The molecule has 2 rings (SSSR count). The molecule has 0 aromatic heterocycles. The van der Waals surface area contributed by atoms with E-state index >= 15 is 0 Å². The molecule has 26 heavy (non-hydrogen) atoms. The van der Waals surface area contributed by atoms with Gasteiger partial charge in [-0.3, -0.25) is 4.79 Å². The first kappa shape index (κ1) is 19.9. The fraction of sp³-hybridized carbons (Fsp3) is 0.500. The van der Waals surface area contributed by atoms with E-state index in [1.165, 1.54) is 32.4 Å². The number of carbonyl (C=O) groups is 3. The smallest absolute Gasteiger partial charge is 0.339 e. The van der Waals surface area contributed by atoms with E-state index in [4.69, 9.17) is 9.47 Å². The molecule has 1 amide bonds. The maximum Gasteiger partial charge on any atom is 0.339 e. The molecule has 0 radical (unpaired) electrons. The van der Waals surface area contributed by atoms with Gasteiger partial charge in [0.25, 0.3) is 5.91 Å². The van der Waals surface area contributed by atoms with Crippen LogP contribution in [-0.2, 0) is 19.0 Å². The molecule has 2 N–H and O–H groups in total. The molecule has 1 aliphatic rings. The van der Waals surface area contributed by atoms with Gasteiger partial charge in [0.1, 0.15) is 25.3 Å². The first-order valence-electron chi connectivity index (χ1n) is 8.43. The summed E-state index contributed by atoms with van der Waals surface area (Å²) in [5, 5.41) is 2.71. The molecule has 0 aliphatic carbocycles. The molecule has 1 aromatic rings. The third-order valence-corrected chi connectivity index (χ3v) is 4.15. The van der Waals surface area contributed by atoms with E-state index in [0.717, 1.165) is 18.0 Å². The lowest BCUT2D eigenvalue weighted by Gasteiger charge is -2.31. The molecular weight excluding hydrogens is 340 g/mol. The van der Waals surface area contributed by atoms with Crippen molar-refractivity contribution in [1.29, 1.82) is 0 Å². The standard InChI is InChI=1S/C18H24N2O6/c1-11-8-20(9-12(2)26-11)10-16(21)19-15-7-13(17(22)24-3)5-6-14(15)18(23)25-4/h5-7,11-12H,8-10H2,1-4H3,(H,19,21)/p+1/t11-,12+. The maximum absolute atomic E-state index is 12.5. The number of benzene rings is 1. The highest BCUT2D eigenvalue weighted by Gasteiger charge is 2.27. The van der Waals surface area contributed by atoms with Gasteiger partial charge < -0.3 is 24.4 Å². The summed E-state index contributed by atoms with van der Waals surface area (Å²) in [5.74, 6) is -1.41. The molecule has 1 fully saturated rings. The lowest BCUT2D eigenvalue weighted by atomic mass is 10.1. The highest BCUT2D eigenvalue weighted by Crippen LogP contribution is 2.19. The minimum Gasteiger partial charge on any atom is -0.465 e. The number of methoxy groups -OCH3 is 2. The first-order valence-corrected chi connectivity index (χ1v) is 8.43. The Labute approximate surface area is 152 Å². The normalized spacial score (nSPS) is 22.4. The van der Waals surface area contributed by atoms with E-state index in [1.807, 2.05) is 13.8 Å². The Bertz CT molecular complexity index is 680. The third-order valence-electron chi connectivity index (χ3n) is 4.15. The predicted octanol–water partition coefficient (Wildman–Crippen LogP) is -0.110. The van der Waals surface area contributed by atoms with Crippen molar-refractivity contribution < 1.29 is 33.5 Å². The second-order valence-electron chi connectivity index (χ2n) is 6.38. The molecule has 8 nitrogen and oxygen atoms in total. The van der Waals surface area contributed by atoms with Crippen LogP contribution in [0.3, 0.4) is 0 Å². The summed E-state index contributed by atoms with van der Waals surface area (Å²) in [6.45, 7) is 5.64. The van der Waals surface area contributed by atoms with Crippen LogP contribution in [0.5, 0.6) is 0 Å². The van der Waals surface area contributed by atoms with Gasteiger partial charge in [-0.25, -0.2) is 9.59 Å². The number of hydrogen-bond acceptors (Lipinski definition) is 6. The largest absolute Gasteiger partial charge is 0.465 e. The van der Waals surface area contributed by atoms with Crippen molar-refractivity contribution in [3.05, 3.63) is 29.3 Å². The van der Waals surface area contributed by atoms with Crippen molar-refractivity contribution in [2.24, 2.45) is 0 Å². The van der Waals surface area contributed by atoms with Crippen LogP contribution in [0.1, 0.15) is 34.6 Å². The van der Waals surface area contributed by atoms with Crippen molar-refractivity contribution in [3.8, 4) is 0 Å². The highest BCUT2D eigenvalue weighted by atomic mass is 16.5. The number of quaternary nitrogens is 1. The minimum absolute atomic E-state index is 0.0785. The molecule has 0 spiro atoms. The van der Waals surface area contributed by atoms with Crippen LogP contribution in [0.25, 0.3) is 0 Å². The fourth-order valence-electron chi connectivity index (χ4n) is 3.14. The highest BCUT2D eigenvalue weighted by molar-refractivity contribution is 6.03. The van der Waals surface area contributed by atoms with E-state index in [-0.39, 0.29) is 41.5 Å². The van der Waals surface area contributed by atoms with Crippen LogP contribution >= 0.6 is 0 Å². The Kier molecular flexibility index (Phi) is 6.70. The van der Waals surface area contributed by atoms with Gasteiger partial charge in [0.2, 0.25) is 0 Å². The third kappa shape index (κ3) is 5.03. The molecule has 1 aliphatic heterocycles. The molecule has 3 atom stereocenters. The summed E-state index contributed by atoms with van der Waals surface area (Å²) in [7, 11) is 2.52. The van der Waals surface area contributed by atoms with E-state index in [2.05, 4.69) is 10.1 Å². The summed E-state index contributed by atoms with van der Waals surface area (Å²) in [4.78, 5) is 37.2. The topological polar surface area (TPSA) is 95.4 Å². The Hall–Kier alpha value is -2.45. The number of ether oxygens (including phenoxy) is 3. The summed E-state index contributed by atoms with van der Waals surface area (Å²) < 4.78 is 15.1. The van der Waals surface area contributed by atoms with Crippen molar-refractivity contribution in [2.45, 2.75) is 26.1 Å². The van der Waals surface area contributed by atoms with Gasteiger partial charge in [-0.05, 0) is 32.0 Å². The monoisotopic (exact) mass is 365 g/mol. The number of hydrogen-bond donors (Lipinski definition) is 2. The molecule has 1 aromatic carbocycles. The average molecular weight is 365 g/mol. The van der Waals surface area contributed by atoms with Gasteiger partial charge in [-0.1, -0.05) is 0 Å². The van der Waals surface area contributed by atoms with Crippen LogP contribution in [0, 0.1) is 0 Å². The zero-order valence-corrected chi connectivity index (χ0v) is 15.5. The number of morpholine rings is 1. The summed E-state index contributed by atoms with van der Waals surface area (Å²) in [6, 6.07) is 4.29. The van der Waals surface area contributed by atoms with Gasteiger partial charge in [-0.15, -0.1) is 0 Å². The summed E-state index contributed by atoms with van der Waals surface area (Å²) in [6.07, 6.45) is 0.157. The van der Waals surface area contributed by atoms with Gasteiger partial charge in [0.15, 0.2) is 6.54 Å². The van der Waals surface area contributed by atoms with Crippen LogP contribution in [-0.4, -0.2) is 63.9 Å². The minimum atomic E-state index is -0.599. The lowest BCUT2D eigenvalue weighted by Crippen LogP contribution is -3.16. The van der Waals surface area contributed by atoms with Crippen LogP contribution in [0.4, 0.5) is 5.69 Å². The molecular formula is C18H25N2O6+.